The molecular formula is C19H23BrClN3O2. The van der Waals surface area contributed by atoms with Gasteiger partial charge in [-0.25, -0.2) is 0 Å². The summed E-state index contributed by atoms with van der Waals surface area (Å²) in [5.41, 5.74) is 4.51. The summed E-state index contributed by atoms with van der Waals surface area (Å²) < 4.78 is 6.26. The summed E-state index contributed by atoms with van der Waals surface area (Å²) >= 11 is 3.45. The zero-order chi connectivity index (χ0) is 18.0. The number of hydrogen-bond acceptors (Lipinski definition) is 4. The van der Waals surface area contributed by atoms with Gasteiger partial charge in [0.15, 0.2) is 0 Å². The number of carbonyl (C=O) groups excluding carboxylic acids is 1. The number of ether oxygens (including phenoxy) is 1. The Morgan fingerprint density at radius 3 is 2.85 bits per heavy atom. The summed E-state index contributed by atoms with van der Waals surface area (Å²) in [7, 11) is 2.10. The molecule has 0 aliphatic carbocycles. The highest BCUT2D eigenvalue weighted by atomic mass is 79.9. The minimum absolute atomic E-state index is 0. The van der Waals surface area contributed by atoms with Gasteiger partial charge in [-0.05, 0) is 66.7 Å². The number of pyridine rings is 1. The SMILES string of the molecule is CCOc1ccc(C(=O)Nc2cc3c(nc2C)CCN(C)C3)cc1Br.Cl. The Morgan fingerprint density at radius 1 is 1.38 bits per heavy atom. The molecule has 1 N–H and O–H groups in total. The number of hydrogen-bond donors (Lipinski definition) is 1. The maximum absolute atomic E-state index is 12.6. The van der Waals surface area contributed by atoms with E-state index in [1.165, 1.54) is 5.56 Å². The van der Waals surface area contributed by atoms with Gasteiger partial charge in [-0.15, -0.1) is 12.4 Å². The lowest BCUT2D eigenvalue weighted by molar-refractivity contribution is 0.102. The second-order valence-corrected chi connectivity index (χ2v) is 7.10. The molecule has 0 unspecified atom stereocenters. The van der Waals surface area contributed by atoms with Crippen LogP contribution in [0.5, 0.6) is 5.75 Å². The van der Waals surface area contributed by atoms with Crippen LogP contribution >= 0.6 is 28.3 Å². The third kappa shape index (κ3) is 4.55. The van der Waals surface area contributed by atoms with E-state index < -0.39 is 0 Å². The highest BCUT2D eigenvalue weighted by Crippen LogP contribution is 2.27. The fourth-order valence-electron chi connectivity index (χ4n) is 2.95. The van der Waals surface area contributed by atoms with Gasteiger partial charge in [0.25, 0.3) is 5.91 Å². The summed E-state index contributed by atoms with van der Waals surface area (Å²) in [4.78, 5) is 19.5. The Balaban J connectivity index is 0.00000243. The number of fused-ring (bicyclic) bond motifs is 1. The average molecular weight is 441 g/mol. The minimum atomic E-state index is -0.155. The number of nitrogens with zero attached hydrogens (tertiary/aromatic N) is 2. The van der Waals surface area contributed by atoms with Crippen LogP contribution in [0.25, 0.3) is 0 Å². The van der Waals surface area contributed by atoms with E-state index in [1.54, 1.807) is 18.2 Å². The average Bonchev–Trinajstić information content (AvgIpc) is 2.58. The van der Waals surface area contributed by atoms with E-state index in [1.807, 2.05) is 13.8 Å². The van der Waals surface area contributed by atoms with Crippen molar-refractivity contribution in [1.82, 2.24) is 9.88 Å². The lowest BCUT2D eigenvalue weighted by Gasteiger charge is -2.25. The number of rotatable bonds is 4. The molecule has 2 aromatic rings. The quantitative estimate of drug-likeness (QED) is 0.773. The Hall–Kier alpha value is -1.63. The van der Waals surface area contributed by atoms with Gasteiger partial charge in [0.05, 0.1) is 22.5 Å². The summed E-state index contributed by atoms with van der Waals surface area (Å²) in [5.74, 6) is 0.575. The lowest BCUT2D eigenvalue weighted by Crippen LogP contribution is -2.28. The molecule has 3 rings (SSSR count). The first kappa shape index (κ1) is 20.7. The molecule has 0 bridgehead atoms. The number of aryl methyl sites for hydroxylation is 1. The van der Waals surface area contributed by atoms with Gasteiger partial charge in [-0.1, -0.05) is 0 Å². The van der Waals surface area contributed by atoms with Crippen molar-refractivity contribution in [3.8, 4) is 5.75 Å². The predicted octanol–water partition coefficient (Wildman–Crippen LogP) is 4.21. The number of halogens is 2. The molecule has 0 radical (unpaired) electrons. The third-order valence-electron chi connectivity index (χ3n) is 4.29. The largest absolute Gasteiger partial charge is 0.493 e. The molecule has 1 aromatic carbocycles. The molecular weight excluding hydrogens is 418 g/mol. The molecule has 0 saturated carbocycles. The standard InChI is InChI=1S/C19H22BrN3O2.ClH/c1-4-25-18-6-5-13(9-15(18)20)19(24)22-17-10-14-11-23(3)8-7-16(14)21-12(17)2;/h5-6,9-10H,4,7-8,11H2,1-3H3,(H,22,24);1H. The van der Waals surface area contributed by atoms with Crippen LogP contribution in [-0.2, 0) is 13.0 Å². The van der Waals surface area contributed by atoms with E-state index in [2.05, 4.69) is 44.2 Å². The zero-order valence-corrected chi connectivity index (χ0v) is 17.5. The predicted molar refractivity (Wildman–Crippen MR) is 110 cm³/mol. The van der Waals surface area contributed by atoms with Crippen LogP contribution < -0.4 is 10.1 Å². The Labute approximate surface area is 168 Å². The highest BCUT2D eigenvalue weighted by molar-refractivity contribution is 9.10. The first-order chi connectivity index (χ1) is 12.0. The van der Waals surface area contributed by atoms with Crippen molar-refractivity contribution in [2.75, 3.05) is 25.5 Å². The molecule has 0 atom stereocenters. The van der Waals surface area contributed by atoms with Crippen molar-refractivity contribution >= 4 is 39.9 Å². The first-order valence-corrected chi connectivity index (χ1v) is 9.19. The second kappa shape index (κ2) is 8.84. The van der Waals surface area contributed by atoms with Gasteiger partial charge >= 0.3 is 0 Å². The Kier molecular flexibility index (Phi) is 7.03. The van der Waals surface area contributed by atoms with Gasteiger partial charge in [0.1, 0.15) is 5.75 Å². The van der Waals surface area contributed by atoms with Gasteiger partial charge in [-0.3, -0.25) is 9.78 Å². The molecule has 7 heteroatoms. The summed E-state index contributed by atoms with van der Waals surface area (Å²) in [6, 6.07) is 7.39. The third-order valence-corrected chi connectivity index (χ3v) is 4.91. The molecule has 0 saturated heterocycles. The van der Waals surface area contributed by atoms with Gasteiger partial charge in [-0.2, -0.15) is 0 Å². The van der Waals surface area contributed by atoms with Crippen molar-refractivity contribution in [2.45, 2.75) is 26.8 Å². The summed E-state index contributed by atoms with van der Waals surface area (Å²) in [6.45, 7) is 6.32. The van der Waals surface area contributed by atoms with Crippen molar-refractivity contribution in [3.63, 3.8) is 0 Å². The normalized spacial score (nSPS) is 13.5. The van der Waals surface area contributed by atoms with E-state index in [-0.39, 0.29) is 18.3 Å². The molecule has 0 fully saturated rings. The number of carbonyl (C=O) groups is 1. The molecule has 1 aromatic heterocycles. The number of nitrogens with one attached hydrogen (secondary N) is 1. The molecule has 1 aliphatic rings. The van der Waals surface area contributed by atoms with Crippen molar-refractivity contribution in [1.29, 1.82) is 0 Å². The lowest BCUT2D eigenvalue weighted by atomic mass is 10.0. The maximum Gasteiger partial charge on any atom is 0.255 e. The Bertz CT molecular complexity index is 814. The van der Waals surface area contributed by atoms with Crippen LogP contribution in [-0.4, -0.2) is 36.0 Å². The molecule has 5 nitrogen and oxygen atoms in total. The van der Waals surface area contributed by atoms with Crippen LogP contribution in [0, 0.1) is 6.92 Å². The second-order valence-electron chi connectivity index (χ2n) is 6.25. The molecule has 0 spiro atoms. The highest BCUT2D eigenvalue weighted by Gasteiger charge is 2.18. The fourth-order valence-corrected chi connectivity index (χ4v) is 3.45. The van der Waals surface area contributed by atoms with Gasteiger partial charge in [0.2, 0.25) is 0 Å². The van der Waals surface area contributed by atoms with Crippen LogP contribution in [0.1, 0.15) is 34.2 Å². The zero-order valence-electron chi connectivity index (χ0n) is 15.1. The van der Waals surface area contributed by atoms with E-state index in [0.717, 1.165) is 46.8 Å². The van der Waals surface area contributed by atoms with Crippen molar-refractivity contribution in [2.24, 2.45) is 0 Å². The molecule has 1 aliphatic heterocycles. The van der Waals surface area contributed by atoms with E-state index in [0.29, 0.717) is 12.2 Å². The Morgan fingerprint density at radius 2 is 2.15 bits per heavy atom. The number of likely N-dealkylation sites (N-methyl/N-ethyl adjacent to an activating group) is 1. The molecule has 1 amide bonds. The number of amides is 1. The molecule has 140 valence electrons. The monoisotopic (exact) mass is 439 g/mol. The maximum atomic E-state index is 12.6. The van der Waals surface area contributed by atoms with Gasteiger partial charge < -0.3 is 15.0 Å². The molecule has 26 heavy (non-hydrogen) atoms. The number of anilines is 1. The van der Waals surface area contributed by atoms with Crippen LogP contribution in [0.2, 0.25) is 0 Å². The summed E-state index contributed by atoms with van der Waals surface area (Å²) in [6.07, 6.45) is 0.951. The van der Waals surface area contributed by atoms with Crippen LogP contribution in [0.3, 0.4) is 0 Å². The van der Waals surface area contributed by atoms with E-state index in [9.17, 15) is 4.79 Å². The fraction of sp³-hybridized carbons (Fsp3) is 0.368. The summed E-state index contributed by atoms with van der Waals surface area (Å²) in [5, 5.41) is 2.99. The van der Waals surface area contributed by atoms with Gasteiger partial charge in [0, 0.05) is 30.8 Å². The number of benzene rings is 1. The topological polar surface area (TPSA) is 54.5 Å². The van der Waals surface area contributed by atoms with Crippen LogP contribution in [0.15, 0.2) is 28.7 Å². The van der Waals surface area contributed by atoms with Crippen LogP contribution in [0.4, 0.5) is 5.69 Å². The first-order valence-electron chi connectivity index (χ1n) is 8.39. The minimum Gasteiger partial charge on any atom is -0.493 e. The number of aromatic nitrogens is 1. The van der Waals surface area contributed by atoms with Crippen molar-refractivity contribution < 1.29 is 9.53 Å². The van der Waals surface area contributed by atoms with E-state index >= 15 is 0 Å². The van der Waals surface area contributed by atoms with Crippen molar-refractivity contribution in [3.05, 3.63) is 51.3 Å². The smallest absolute Gasteiger partial charge is 0.255 e. The van der Waals surface area contributed by atoms with E-state index in [4.69, 9.17) is 4.74 Å². The molecule has 2 heterocycles.